The van der Waals surface area contributed by atoms with E-state index in [0.29, 0.717) is 19.8 Å². The summed E-state index contributed by atoms with van der Waals surface area (Å²) in [6.07, 6.45) is -0.464. The van der Waals surface area contributed by atoms with Crippen molar-refractivity contribution in [3.8, 4) is 0 Å². The number of hydrogen-bond donors (Lipinski definition) is 1. The molecule has 1 aliphatic rings. The highest BCUT2D eigenvalue weighted by Crippen LogP contribution is 2.29. The number of aliphatic hydroxyl groups is 1. The predicted molar refractivity (Wildman–Crippen MR) is 125 cm³/mol. The summed E-state index contributed by atoms with van der Waals surface area (Å²) in [7, 11) is 0. The van der Waals surface area contributed by atoms with Gasteiger partial charge in [-0.15, -0.1) is 0 Å². The van der Waals surface area contributed by atoms with E-state index in [9.17, 15) is 5.11 Å². The molecule has 0 aromatic heterocycles. The molecule has 3 aromatic carbocycles. The minimum Gasteiger partial charge on any atom is -0.389 e. The number of aliphatic hydroxyl groups excluding tert-OH is 1. The molecule has 1 unspecified atom stereocenters. The Bertz CT molecular complexity index is 841. The van der Waals surface area contributed by atoms with Crippen molar-refractivity contribution in [3.05, 3.63) is 108 Å². The van der Waals surface area contributed by atoms with Crippen LogP contribution in [0.1, 0.15) is 22.7 Å². The Morgan fingerprint density at radius 2 is 1.23 bits per heavy atom. The standard InChI is InChI=1S/C27H32N2O2/c30-26(22-31-21-23-10-4-1-5-11-23)20-28-16-18-29(19-17-28)27(24-12-6-2-7-13-24)25-14-8-3-9-15-25/h1-15,26-27,30H,16-22H2. The molecule has 1 N–H and O–H groups in total. The van der Waals surface area contributed by atoms with Crippen molar-refractivity contribution in [1.82, 2.24) is 9.80 Å². The van der Waals surface area contributed by atoms with Crippen molar-refractivity contribution < 1.29 is 9.84 Å². The van der Waals surface area contributed by atoms with Crippen molar-refractivity contribution in [2.45, 2.75) is 18.8 Å². The average Bonchev–Trinajstić information content (AvgIpc) is 2.82. The maximum atomic E-state index is 10.4. The first-order valence-corrected chi connectivity index (χ1v) is 11.2. The van der Waals surface area contributed by atoms with Crippen molar-refractivity contribution in [3.63, 3.8) is 0 Å². The lowest BCUT2D eigenvalue weighted by atomic mass is 9.96. The van der Waals surface area contributed by atoms with Crippen LogP contribution < -0.4 is 0 Å². The van der Waals surface area contributed by atoms with Gasteiger partial charge in [0.2, 0.25) is 0 Å². The number of hydrogen-bond acceptors (Lipinski definition) is 4. The van der Waals surface area contributed by atoms with Gasteiger partial charge in [0.05, 0.1) is 25.4 Å². The Morgan fingerprint density at radius 3 is 1.77 bits per heavy atom. The quantitative estimate of drug-likeness (QED) is 0.573. The predicted octanol–water partition coefficient (Wildman–Crippen LogP) is 3.97. The summed E-state index contributed by atoms with van der Waals surface area (Å²) in [5, 5.41) is 10.4. The highest BCUT2D eigenvalue weighted by molar-refractivity contribution is 5.32. The Hall–Kier alpha value is -2.50. The Labute approximate surface area is 185 Å². The number of ether oxygens (including phenoxy) is 1. The molecule has 1 heterocycles. The van der Waals surface area contributed by atoms with Crippen molar-refractivity contribution in [2.75, 3.05) is 39.3 Å². The number of β-amino-alcohol motifs (C(OH)–C–C–N with tert-alkyl or cyclic N) is 1. The van der Waals surface area contributed by atoms with E-state index in [1.807, 2.05) is 30.3 Å². The molecule has 0 saturated carbocycles. The van der Waals surface area contributed by atoms with Gasteiger partial charge >= 0.3 is 0 Å². The van der Waals surface area contributed by atoms with Gasteiger partial charge in [0.25, 0.3) is 0 Å². The normalized spacial score (nSPS) is 16.5. The van der Waals surface area contributed by atoms with Crippen LogP contribution in [-0.4, -0.2) is 60.3 Å². The maximum absolute atomic E-state index is 10.4. The van der Waals surface area contributed by atoms with Crippen molar-refractivity contribution >= 4 is 0 Å². The van der Waals surface area contributed by atoms with Crippen molar-refractivity contribution in [1.29, 1.82) is 0 Å². The van der Waals surface area contributed by atoms with Crippen LogP contribution in [0.25, 0.3) is 0 Å². The van der Waals surface area contributed by atoms with Gasteiger partial charge < -0.3 is 9.84 Å². The Balaban J connectivity index is 1.28. The van der Waals surface area contributed by atoms with Gasteiger partial charge in [0.1, 0.15) is 0 Å². The van der Waals surface area contributed by atoms with Crippen LogP contribution in [0.2, 0.25) is 0 Å². The molecule has 1 aliphatic heterocycles. The molecule has 0 amide bonds. The van der Waals surface area contributed by atoms with E-state index in [-0.39, 0.29) is 6.04 Å². The second-order valence-corrected chi connectivity index (χ2v) is 8.22. The summed E-state index contributed by atoms with van der Waals surface area (Å²) in [6, 6.07) is 31.9. The molecule has 1 saturated heterocycles. The molecule has 1 fully saturated rings. The second-order valence-electron chi connectivity index (χ2n) is 8.22. The minimum absolute atomic E-state index is 0.267. The second kappa shape index (κ2) is 11.2. The first-order valence-electron chi connectivity index (χ1n) is 11.2. The summed E-state index contributed by atoms with van der Waals surface area (Å²) in [4.78, 5) is 4.90. The Kier molecular flexibility index (Phi) is 7.86. The summed E-state index contributed by atoms with van der Waals surface area (Å²) >= 11 is 0. The topological polar surface area (TPSA) is 35.9 Å². The van der Waals surface area contributed by atoms with Gasteiger partial charge in [-0.1, -0.05) is 91.0 Å². The molecule has 162 valence electrons. The van der Waals surface area contributed by atoms with E-state index < -0.39 is 6.10 Å². The molecule has 1 atom stereocenters. The van der Waals surface area contributed by atoms with Gasteiger partial charge in [0.15, 0.2) is 0 Å². The third kappa shape index (κ3) is 6.25. The van der Waals surface area contributed by atoms with Crippen LogP contribution in [0.4, 0.5) is 0 Å². The van der Waals surface area contributed by atoms with Crippen LogP contribution in [0, 0.1) is 0 Å². The molecule has 4 nitrogen and oxygen atoms in total. The third-order valence-corrected chi connectivity index (χ3v) is 5.89. The zero-order chi connectivity index (χ0) is 21.3. The van der Waals surface area contributed by atoms with Gasteiger partial charge in [-0.3, -0.25) is 9.80 Å². The maximum Gasteiger partial charge on any atom is 0.0900 e. The van der Waals surface area contributed by atoms with Crippen LogP contribution in [-0.2, 0) is 11.3 Å². The molecule has 0 aliphatic carbocycles. The average molecular weight is 417 g/mol. The number of benzene rings is 3. The fourth-order valence-electron chi connectivity index (χ4n) is 4.33. The highest BCUT2D eigenvalue weighted by Gasteiger charge is 2.27. The SMILES string of the molecule is OC(COCc1ccccc1)CN1CCN(C(c2ccccc2)c2ccccc2)CC1. The zero-order valence-corrected chi connectivity index (χ0v) is 18.0. The minimum atomic E-state index is -0.464. The van der Waals surface area contributed by atoms with Crippen LogP contribution >= 0.6 is 0 Å². The van der Waals surface area contributed by atoms with Crippen LogP contribution in [0.5, 0.6) is 0 Å². The fraction of sp³-hybridized carbons (Fsp3) is 0.333. The largest absolute Gasteiger partial charge is 0.389 e. The highest BCUT2D eigenvalue weighted by atomic mass is 16.5. The van der Waals surface area contributed by atoms with E-state index in [1.165, 1.54) is 11.1 Å². The van der Waals surface area contributed by atoms with Gasteiger partial charge in [-0.2, -0.15) is 0 Å². The summed E-state index contributed by atoms with van der Waals surface area (Å²) in [6.45, 7) is 5.42. The lowest BCUT2D eigenvalue weighted by Crippen LogP contribution is -2.50. The summed E-state index contributed by atoms with van der Waals surface area (Å²) in [5.74, 6) is 0. The van der Waals surface area contributed by atoms with Gasteiger partial charge in [-0.05, 0) is 16.7 Å². The Morgan fingerprint density at radius 1 is 0.710 bits per heavy atom. The zero-order valence-electron chi connectivity index (χ0n) is 18.0. The first-order chi connectivity index (χ1) is 15.3. The molecule has 3 aromatic rings. The van der Waals surface area contributed by atoms with E-state index in [0.717, 1.165) is 31.7 Å². The molecular formula is C27H32N2O2. The molecule has 0 bridgehead atoms. The summed E-state index contributed by atoms with van der Waals surface area (Å²) in [5.41, 5.74) is 3.80. The monoisotopic (exact) mass is 416 g/mol. The van der Waals surface area contributed by atoms with E-state index in [2.05, 4.69) is 70.5 Å². The lowest BCUT2D eigenvalue weighted by Gasteiger charge is -2.40. The van der Waals surface area contributed by atoms with Crippen LogP contribution in [0.15, 0.2) is 91.0 Å². The van der Waals surface area contributed by atoms with Gasteiger partial charge in [0, 0.05) is 32.7 Å². The number of rotatable bonds is 9. The third-order valence-electron chi connectivity index (χ3n) is 5.89. The van der Waals surface area contributed by atoms with E-state index >= 15 is 0 Å². The summed E-state index contributed by atoms with van der Waals surface area (Å²) < 4.78 is 5.71. The molecule has 31 heavy (non-hydrogen) atoms. The molecule has 4 heteroatoms. The van der Waals surface area contributed by atoms with E-state index in [1.54, 1.807) is 0 Å². The fourth-order valence-corrected chi connectivity index (χ4v) is 4.33. The molecular weight excluding hydrogens is 384 g/mol. The first kappa shape index (κ1) is 21.7. The molecule has 0 radical (unpaired) electrons. The molecule has 0 spiro atoms. The number of piperazine rings is 1. The lowest BCUT2D eigenvalue weighted by molar-refractivity contribution is -0.000707. The number of nitrogens with zero attached hydrogens (tertiary/aromatic N) is 2. The van der Waals surface area contributed by atoms with Gasteiger partial charge in [-0.25, -0.2) is 0 Å². The van der Waals surface area contributed by atoms with Crippen molar-refractivity contribution in [2.24, 2.45) is 0 Å². The molecule has 4 rings (SSSR count). The van der Waals surface area contributed by atoms with E-state index in [4.69, 9.17) is 4.74 Å². The van der Waals surface area contributed by atoms with Crippen LogP contribution in [0.3, 0.4) is 0 Å². The smallest absolute Gasteiger partial charge is 0.0900 e.